The fraction of sp³-hybridized carbons (Fsp3) is 0.571. The summed E-state index contributed by atoms with van der Waals surface area (Å²) in [5.74, 6) is -0.146. The predicted octanol–water partition coefficient (Wildman–Crippen LogP) is 2.58. The van der Waals surface area contributed by atoms with E-state index in [4.69, 9.17) is 16.7 Å². The van der Waals surface area contributed by atoms with E-state index in [9.17, 15) is 4.79 Å². The maximum atomic E-state index is 12.1. The van der Waals surface area contributed by atoms with Gasteiger partial charge >= 0.3 is 0 Å². The van der Waals surface area contributed by atoms with E-state index < -0.39 is 0 Å². The van der Waals surface area contributed by atoms with Gasteiger partial charge < -0.3 is 10.4 Å². The van der Waals surface area contributed by atoms with Gasteiger partial charge in [-0.05, 0) is 38.3 Å². The van der Waals surface area contributed by atoms with Gasteiger partial charge in [0.2, 0.25) is 0 Å². The normalized spacial score (nSPS) is 12.2. The third-order valence-corrected chi connectivity index (χ3v) is 2.98. The molecule has 1 unspecified atom stereocenters. The van der Waals surface area contributed by atoms with Crippen LogP contribution in [0.25, 0.3) is 0 Å². The van der Waals surface area contributed by atoms with E-state index in [1.165, 1.54) is 0 Å². The fourth-order valence-corrected chi connectivity index (χ4v) is 2.07. The maximum Gasteiger partial charge on any atom is 0.251 e. The molecule has 0 spiro atoms. The molecule has 0 aliphatic rings. The van der Waals surface area contributed by atoms with E-state index in [2.05, 4.69) is 17.2 Å². The van der Waals surface area contributed by atoms with E-state index in [1.807, 2.05) is 6.92 Å². The molecule has 5 heteroatoms. The number of carbonyl (C=O) groups excluding carboxylic acids is 1. The van der Waals surface area contributed by atoms with Gasteiger partial charge in [0.25, 0.3) is 5.91 Å². The zero-order chi connectivity index (χ0) is 14.3. The first kappa shape index (κ1) is 15.9. The van der Waals surface area contributed by atoms with Crippen molar-refractivity contribution in [1.82, 2.24) is 10.3 Å². The lowest BCUT2D eigenvalue weighted by Crippen LogP contribution is -2.32. The number of nitrogens with one attached hydrogen (secondary N) is 1. The monoisotopic (exact) mass is 284 g/mol. The smallest absolute Gasteiger partial charge is 0.251 e. The molecule has 1 aromatic heterocycles. The van der Waals surface area contributed by atoms with E-state index in [0.29, 0.717) is 17.1 Å². The van der Waals surface area contributed by atoms with Crippen molar-refractivity contribution >= 4 is 17.5 Å². The number of aliphatic hydroxyl groups excluding tert-OH is 1. The maximum absolute atomic E-state index is 12.1. The molecule has 4 nitrogen and oxygen atoms in total. The molecular weight excluding hydrogens is 264 g/mol. The summed E-state index contributed by atoms with van der Waals surface area (Å²) >= 11 is 5.93. The van der Waals surface area contributed by atoms with E-state index in [0.717, 1.165) is 25.0 Å². The van der Waals surface area contributed by atoms with E-state index in [1.54, 1.807) is 12.1 Å². The third kappa shape index (κ3) is 5.57. The van der Waals surface area contributed by atoms with Crippen LogP contribution in [0.1, 0.15) is 49.2 Å². The molecule has 1 heterocycles. The summed E-state index contributed by atoms with van der Waals surface area (Å²) in [5, 5.41) is 12.0. The van der Waals surface area contributed by atoms with Crippen molar-refractivity contribution in [3.63, 3.8) is 0 Å². The highest BCUT2D eigenvalue weighted by molar-refractivity contribution is 6.29. The molecule has 0 radical (unpaired) electrons. The largest absolute Gasteiger partial charge is 0.396 e. The molecular formula is C14H21ClN2O2. The van der Waals surface area contributed by atoms with Crippen molar-refractivity contribution in [2.24, 2.45) is 0 Å². The molecule has 1 atom stereocenters. The van der Waals surface area contributed by atoms with E-state index >= 15 is 0 Å². The Morgan fingerprint density at radius 2 is 2.26 bits per heavy atom. The van der Waals surface area contributed by atoms with Gasteiger partial charge in [0.15, 0.2) is 0 Å². The van der Waals surface area contributed by atoms with Gasteiger partial charge in [-0.15, -0.1) is 0 Å². The van der Waals surface area contributed by atoms with Gasteiger partial charge in [0.05, 0.1) is 0 Å². The Bertz CT molecular complexity index is 424. The molecule has 0 aromatic carbocycles. The SMILES string of the molecule is CCCc1cc(C(=O)NC(C)CCCO)cc(Cl)n1. The summed E-state index contributed by atoms with van der Waals surface area (Å²) in [7, 11) is 0. The molecule has 1 aromatic rings. The second-order valence-corrected chi connectivity index (χ2v) is 5.05. The van der Waals surface area contributed by atoms with Crippen LogP contribution in [-0.4, -0.2) is 28.6 Å². The molecule has 0 fully saturated rings. The fourth-order valence-electron chi connectivity index (χ4n) is 1.84. The Kier molecular flexibility index (Phi) is 6.81. The Hall–Kier alpha value is -1.13. The van der Waals surface area contributed by atoms with Gasteiger partial charge in [0.1, 0.15) is 5.15 Å². The van der Waals surface area contributed by atoms with Crippen LogP contribution in [0, 0.1) is 0 Å². The minimum atomic E-state index is -0.146. The molecule has 0 saturated heterocycles. The first-order chi connectivity index (χ1) is 9.06. The molecule has 0 aliphatic heterocycles. The van der Waals surface area contributed by atoms with Crippen LogP contribution in [0.3, 0.4) is 0 Å². The summed E-state index contributed by atoms with van der Waals surface area (Å²) in [6, 6.07) is 3.39. The van der Waals surface area contributed by atoms with Crippen molar-refractivity contribution in [1.29, 1.82) is 0 Å². The second kappa shape index (κ2) is 8.12. The Labute approximate surface area is 119 Å². The van der Waals surface area contributed by atoms with Crippen LogP contribution in [0.15, 0.2) is 12.1 Å². The van der Waals surface area contributed by atoms with Crippen LogP contribution in [0.5, 0.6) is 0 Å². The second-order valence-electron chi connectivity index (χ2n) is 4.66. The van der Waals surface area contributed by atoms with Crippen molar-refractivity contribution < 1.29 is 9.90 Å². The standard InChI is InChI=1S/C14H21ClN2O2/c1-3-5-12-8-11(9-13(15)17-12)14(19)16-10(2)6-4-7-18/h8-10,18H,3-7H2,1-2H3,(H,16,19). The van der Waals surface area contributed by atoms with Gasteiger partial charge in [-0.2, -0.15) is 0 Å². The molecule has 1 amide bonds. The minimum absolute atomic E-state index is 0.0289. The highest BCUT2D eigenvalue weighted by Gasteiger charge is 2.11. The third-order valence-electron chi connectivity index (χ3n) is 2.79. The first-order valence-electron chi connectivity index (χ1n) is 6.65. The number of nitrogens with zero attached hydrogens (tertiary/aromatic N) is 1. The number of amides is 1. The molecule has 19 heavy (non-hydrogen) atoms. The lowest BCUT2D eigenvalue weighted by molar-refractivity contribution is 0.0936. The first-order valence-corrected chi connectivity index (χ1v) is 7.02. The number of carbonyl (C=O) groups is 1. The highest BCUT2D eigenvalue weighted by atomic mass is 35.5. The highest BCUT2D eigenvalue weighted by Crippen LogP contribution is 2.13. The molecule has 0 bridgehead atoms. The number of aryl methyl sites for hydroxylation is 1. The van der Waals surface area contributed by atoms with Crippen LogP contribution in [0.2, 0.25) is 5.15 Å². The topological polar surface area (TPSA) is 62.2 Å². The Morgan fingerprint density at radius 1 is 1.53 bits per heavy atom. The number of rotatable bonds is 7. The number of hydrogen-bond donors (Lipinski definition) is 2. The van der Waals surface area contributed by atoms with Crippen molar-refractivity contribution in [2.75, 3.05) is 6.61 Å². The predicted molar refractivity (Wildman–Crippen MR) is 76.5 cm³/mol. The average Bonchev–Trinajstić information content (AvgIpc) is 2.36. The molecule has 2 N–H and O–H groups in total. The van der Waals surface area contributed by atoms with Gasteiger partial charge in [0, 0.05) is 23.9 Å². The van der Waals surface area contributed by atoms with Crippen LogP contribution < -0.4 is 5.32 Å². The van der Waals surface area contributed by atoms with Crippen molar-refractivity contribution in [2.45, 2.75) is 45.6 Å². The van der Waals surface area contributed by atoms with Crippen LogP contribution in [-0.2, 0) is 6.42 Å². The van der Waals surface area contributed by atoms with Gasteiger partial charge in [-0.1, -0.05) is 24.9 Å². The molecule has 1 rings (SSSR count). The van der Waals surface area contributed by atoms with Crippen LogP contribution in [0.4, 0.5) is 0 Å². The Morgan fingerprint density at radius 3 is 2.89 bits per heavy atom. The summed E-state index contributed by atoms with van der Waals surface area (Å²) in [4.78, 5) is 16.3. The van der Waals surface area contributed by atoms with Gasteiger partial charge in [-0.25, -0.2) is 4.98 Å². The lowest BCUT2D eigenvalue weighted by atomic mass is 10.1. The number of hydrogen-bond acceptors (Lipinski definition) is 3. The number of halogens is 1. The molecule has 0 aliphatic carbocycles. The van der Waals surface area contributed by atoms with E-state index in [-0.39, 0.29) is 18.6 Å². The van der Waals surface area contributed by atoms with Crippen molar-refractivity contribution in [3.05, 3.63) is 28.5 Å². The number of aromatic nitrogens is 1. The zero-order valence-electron chi connectivity index (χ0n) is 11.4. The summed E-state index contributed by atoms with van der Waals surface area (Å²) < 4.78 is 0. The lowest BCUT2D eigenvalue weighted by Gasteiger charge is -2.13. The number of pyridine rings is 1. The van der Waals surface area contributed by atoms with Crippen LogP contribution >= 0.6 is 11.6 Å². The average molecular weight is 285 g/mol. The molecule has 0 saturated carbocycles. The summed E-state index contributed by atoms with van der Waals surface area (Å²) in [6.45, 7) is 4.12. The Balaban J connectivity index is 2.70. The number of aliphatic hydroxyl groups is 1. The van der Waals surface area contributed by atoms with Gasteiger partial charge in [-0.3, -0.25) is 4.79 Å². The molecule has 106 valence electrons. The minimum Gasteiger partial charge on any atom is -0.396 e. The van der Waals surface area contributed by atoms with Crippen molar-refractivity contribution in [3.8, 4) is 0 Å². The summed E-state index contributed by atoms with van der Waals surface area (Å²) in [6.07, 6.45) is 3.20. The quantitative estimate of drug-likeness (QED) is 0.757. The summed E-state index contributed by atoms with van der Waals surface area (Å²) in [5.41, 5.74) is 1.38. The zero-order valence-corrected chi connectivity index (χ0v) is 12.2.